The number of carboxylic acids is 1. The lowest BCUT2D eigenvalue weighted by atomic mass is 9.74. The van der Waals surface area contributed by atoms with Crippen molar-refractivity contribution in [1.82, 2.24) is 14.7 Å². The van der Waals surface area contributed by atoms with Crippen LogP contribution in [0.15, 0.2) is 18.5 Å². The average molecular weight is 474 g/mol. The molecule has 1 unspecified atom stereocenters. The van der Waals surface area contributed by atoms with Gasteiger partial charge in [-0.15, -0.1) is 11.3 Å². The SMILES string of the molecule is CCc1cc2c(s1)CCOC21CCN(Cc2cnn(C)c2)C(C)(C)C1.O=C(O)C(F)(F)F. The number of hydrogen-bond donors (Lipinski definition) is 1. The summed E-state index contributed by atoms with van der Waals surface area (Å²) in [6, 6.07) is 2.44. The highest BCUT2D eigenvalue weighted by atomic mass is 32.1. The molecular formula is C22H30F3N3O3S. The molecule has 2 aliphatic heterocycles. The predicted octanol–water partition coefficient (Wildman–Crippen LogP) is 4.52. The molecule has 2 aromatic rings. The number of hydrogen-bond acceptors (Lipinski definition) is 5. The molecule has 2 aliphatic rings. The number of piperidine rings is 1. The minimum Gasteiger partial charge on any atom is -0.475 e. The second-order valence-electron chi connectivity index (χ2n) is 8.98. The van der Waals surface area contributed by atoms with Crippen LogP contribution in [0.3, 0.4) is 0 Å². The molecule has 6 nitrogen and oxygen atoms in total. The van der Waals surface area contributed by atoms with Crippen molar-refractivity contribution in [2.45, 2.75) is 70.3 Å². The van der Waals surface area contributed by atoms with E-state index in [0.29, 0.717) is 0 Å². The van der Waals surface area contributed by atoms with Gasteiger partial charge < -0.3 is 9.84 Å². The number of aryl methyl sites for hydroxylation is 2. The summed E-state index contributed by atoms with van der Waals surface area (Å²) < 4.78 is 40.1. The molecule has 1 N–H and O–H groups in total. The van der Waals surface area contributed by atoms with Gasteiger partial charge in [-0.05, 0) is 44.7 Å². The Morgan fingerprint density at radius 2 is 2.06 bits per heavy atom. The van der Waals surface area contributed by atoms with Gasteiger partial charge in [0.05, 0.1) is 18.4 Å². The lowest BCUT2D eigenvalue weighted by Gasteiger charge is -2.52. The van der Waals surface area contributed by atoms with Crippen molar-refractivity contribution in [3.05, 3.63) is 39.3 Å². The number of rotatable bonds is 3. The number of ether oxygens (including phenoxy) is 1. The molecule has 0 amide bonds. The summed E-state index contributed by atoms with van der Waals surface area (Å²) >= 11 is 2.00. The number of nitrogens with zero attached hydrogens (tertiary/aromatic N) is 3. The Hall–Kier alpha value is -1.91. The minimum absolute atomic E-state index is 0.0769. The number of carboxylic acid groups (broad SMARTS) is 1. The van der Waals surface area contributed by atoms with Crippen molar-refractivity contribution >= 4 is 17.3 Å². The number of halogens is 3. The van der Waals surface area contributed by atoms with Crippen molar-refractivity contribution < 1.29 is 27.8 Å². The third kappa shape index (κ3) is 5.35. The van der Waals surface area contributed by atoms with Crippen molar-refractivity contribution in [2.75, 3.05) is 13.2 Å². The standard InChI is InChI=1S/C20H29N3OS.C2HF3O2/c1-5-16-10-17-18(25-16)6-9-24-20(17)7-8-23(19(2,3)14-20)13-15-11-21-22(4)12-15;3-2(4,5)1(6)7/h10-12H,5-9,13-14H2,1-4H3;(H,6,7). The molecule has 1 fully saturated rings. The Bertz CT molecular complexity index is 954. The maximum Gasteiger partial charge on any atom is 0.490 e. The van der Waals surface area contributed by atoms with Crippen molar-refractivity contribution in [3.8, 4) is 0 Å². The van der Waals surface area contributed by atoms with E-state index in [-0.39, 0.29) is 11.1 Å². The first kappa shape index (κ1) is 24.7. The van der Waals surface area contributed by atoms with Gasteiger partial charge in [-0.25, -0.2) is 4.79 Å². The van der Waals surface area contributed by atoms with Crippen molar-refractivity contribution in [1.29, 1.82) is 0 Å². The van der Waals surface area contributed by atoms with E-state index in [1.165, 1.54) is 16.0 Å². The fourth-order valence-electron chi connectivity index (χ4n) is 4.58. The van der Waals surface area contributed by atoms with E-state index in [1.54, 1.807) is 4.88 Å². The van der Waals surface area contributed by atoms with Crippen LogP contribution in [0.5, 0.6) is 0 Å². The molecule has 0 bridgehead atoms. The summed E-state index contributed by atoms with van der Waals surface area (Å²) in [4.78, 5) is 14.6. The summed E-state index contributed by atoms with van der Waals surface area (Å²) in [6.07, 6.45) is 3.40. The monoisotopic (exact) mass is 473 g/mol. The van der Waals surface area contributed by atoms with Gasteiger partial charge in [0.2, 0.25) is 0 Å². The van der Waals surface area contributed by atoms with Gasteiger partial charge in [0.25, 0.3) is 0 Å². The molecule has 1 saturated heterocycles. The average Bonchev–Trinajstić information content (AvgIpc) is 3.30. The Balaban J connectivity index is 0.000000360. The largest absolute Gasteiger partial charge is 0.490 e. The first-order valence-corrected chi connectivity index (χ1v) is 11.5. The van der Waals surface area contributed by atoms with Crippen LogP contribution in [-0.4, -0.2) is 50.6 Å². The lowest BCUT2D eigenvalue weighted by molar-refractivity contribution is -0.192. The summed E-state index contributed by atoms with van der Waals surface area (Å²) in [5.74, 6) is -2.76. The van der Waals surface area contributed by atoms with Crippen LogP contribution in [0.1, 0.15) is 54.5 Å². The van der Waals surface area contributed by atoms with E-state index in [2.05, 4.69) is 43.0 Å². The molecule has 1 spiro atoms. The number of fused-ring (bicyclic) bond motifs is 2. The molecule has 0 saturated carbocycles. The van der Waals surface area contributed by atoms with Crippen molar-refractivity contribution in [2.24, 2.45) is 7.05 Å². The molecule has 10 heteroatoms. The smallest absolute Gasteiger partial charge is 0.475 e. The maximum absolute atomic E-state index is 10.6. The van der Waals surface area contributed by atoms with Crippen LogP contribution in [-0.2, 0) is 41.6 Å². The highest BCUT2D eigenvalue weighted by Gasteiger charge is 2.48. The Labute approximate surface area is 190 Å². The van der Waals surface area contributed by atoms with Gasteiger partial charge in [0.1, 0.15) is 0 Å². The number of aromatic nitrogens is 2. The minimum atomic E-state index is -5.08. The second kappa shape index (κ2) is 9.15. The third-order valence-corrected chi connectivity index (χ3v) is 7.48. The number of thiophene rings is 1. The van der Waals surface area contributed by atoms with Crippen LogP contribution in [0.25, 0.3) is 0 Å². The van der Waals surface area contributed by atoms with E-state index in [1.807, 2.05) is 29.3 Å². The number of aliphatic carboxylic acids is 1. The molecule has 0 aromatic carbocycles. The second-order valence-corrected chi connectivity index (χ2v) is 10.2. The summed E-state index contributed by atoms with van der Waals surface area (Å²) in [6.45, 7) is 9.90. The first-order chi connectivity index (χ1) is 14.9. The first-order valence-electron chi connectivity index (χ1n) is 10.6. The fraction of sp³-hybridized carbons (Fsp3) is 0.636. The van der Waals surface area contributed by atoms with Crippen molar-refractivity contribution in [3.63, 3.8) is 0 Å². The van der Waals surface area contributed by atoms with Crippen LogP contribution < -0.4 is 0 Å². The molecule has 4 heterocycles. The topological polar surface area (TPSA) is 67.6 Å². The Kier molecular flexibility index (Phi) is 7.07. The van der Waals surface area contributed by atoms with E-state index in [4.69, 9.17) is 14.6 Å². The zero-order valence-corrected chi connectivity index (χ0v) is 19.6. The van der Waals surface area contributed by atoms with Gasteiger partial charge in [-0.2, -0.15) is 18.3 Å². The zero-order valence-electron chi connectivity index (χ0n) is 18.8. The quantitative estimate of drug-likeness (QED) is 0.710. The van der Waals surface area contributed by atoms with Gasteiger partial charge >= 0.3 is 12.1 Å². The summed E-state index contributed by atoms with van der Waals surface area (Å²) in [5.41, 5.74) is 2.82. The maximum atomic E-state index is 10.6. The normalized spacial score (nSPS) is 22.8. The van der Waals surface area contributed by atoms with Gasteiger partial charge in [-0.1, -0.05) is 6.92 Å². The predicted molar refractivity (Wildman–Crippen MR) is 116 cm³/mol. The van der Waals surface area contributed by atoms with Crippen LogP contribution in [0, 0.1) is 0 Å². The molecule has 0 radical (unpaired) electrons. The van der Waals surface area contributed by atoms with E-state index in [9.17, 15) is 13.2 Å². The van der Waals surface area contributed by atoms with E-state index in [0.717, 1.165) is 45.4 Å². The van der Waals surface area contributed by atoms with Crippen LogP contribution in [0.4, 0.5) is 13.2 Å². The van der Waals surface area contributed by atoms with Gasteiger partial charge in [-0.3, -0.25) is 9.58 Å². The van der Waals surface area contributed by atoms with E-state index >= 15 is 0 Å². The summed E-state index contributed by atoms with van der Waals surface area (Å²) in [5, 5.41) is 11.4. The van der Waals surface area contributed by atoms with E-state index < -0.39 is 12.1 Å². The molecule has 0 aliphatic carbocycles. The molecule has 2 aromatic heterocycles. The molecular weight excluding hydrogens is 443 g/mol. The highest BCUT2D eigenvalue weighted by molar-refractivity contribution is 7.12. The third-order valence-electron chi connectivity index (χ3n) is 6.14. The zero-order chi connectivity index (χ0) is 23.7. The van der Waals surface area contributed by atoms with Crippen LogP contribution >= 0.6 is 11.3 Å². The fourth-order valence-corrected chi connectivity index (χ4v) is 5.76. The Morgan fingerprint density at radius 1 is 1.38 bits per heavy atom. The Morgan fingerprint density at radius 3 is 2.59 bits per heavy atom. The number of carbonyl (C=O) groups is 1. The highest BCUT2D eigenvalue weighted by Crippen LogP contribution is 2.49. The lowest BCUT2D eigenvalue weighted by Crippen LogP contribution is -2.56. The number of likely N-dealkylation sites (tertiary alicyclic amines) is 1. The molecule has 1 atom stereocenters. The molecule has 178 valence electrons. The summed E-state index contributed by atoms with van der Waals surface area (Å²) in [7, 11) is 1.99. The van der Waals surface area contributed by atoms with Gasteiger partial charge in [0.15, 0.2) is 0 Å². The number of alkyl halides is 3. The van der Waals surface area contributed by atoms with Crippen LogP contribution in [0.2, 0.25) is 0 Å². The molecule has 4 rings (SSSR count). The van der Waals surface area contributed by atoms with Gasteiger partial charge in [0, 0.05) is 53.6 Å². The molecule has 32 heavy (non-hydrogen) atoms.